The summed E-state index contributed by atoms with van der Waals surface area (Å²) < 4.78 is 0. The van der Waals surface area contributed by atoms with Gasteiger partial charge in [0.05, 0.1) is 5.56 Å². The summed E-state index contributed by atoms with van der Waals surface area (Å²) in [6.07, 6.45) is 2.04. The molecule has 1 atom stereocenters. The molecule has 1 unspecified atom stereocenters. The second-order valence-electron chi connectivity index (χ2n) is 7.12. The molecule has 0 saturated heterocycles. The molecule has 3 aromatic rings. The van der Waals surface area contributed by atoms with Crippen LogP contribution in [0.1, 0.15) is 42.6 Å². The fourth-order valence-electron chi connectivity index (χ4n) is 3.82. The van der Waals surface area contributed by atoms with Crippen molar-refractivity contribution in [3.05, 3.63) is 77.9 Å². The molecular weight excluding hydrogens is 320 g/mol. The number of rotatable bonds is 4. The van der Waals surface area contributed by atoms with E-state index in [1.54, 1.807) is 0 Å². The zero-order valence-electron chi connectivity index (χ0n) is 15.3. The van der Waals surface area contributed by atoms with Gasteiger partial charge in [0, 0.05) is 12.2 Å². The lowest BCUT2D eigenvalue weighted by Crippen LogP contribution is -2.56. The van der Waals surface area contributed by atoms with Crippen molar-refractivity contribution in [3.63, 3.8) is 0 Å². The van der Waals surface area contributed by atoms with Crippen molar-refractivity contribution in [1.29, 1.82) is 0 Å². The zero-order chi connectivity index (χ0) is 18.1. The van der Waals surface area contributed by atoms with Crippen molar-refractivity contribution >= 4 is 22.4 Å². The predicted octanol–water partition coefficient (Wildman–Crippen LogP) is 5.38. The van der Waals surface area contributed by atoms with Crippen LogP contribution in [0.25, 0.3) is 10.8 Å². The van der Waals surface area contributed by atoms with Crippen LogP contribution in [-0.4, -0.2) is 17.4 Å². The van der Waals surface area contributed by atoms with E-state index in [0.717, 1.165) is 36.2 Å². The Morgan fingerprint density at radius 2 is 1.69 bits per heavy atom. The summed E-state index contributed by atoms with van der Waals surface area (Å²) in [5.74, 6) is 0.100. The first-order valence-electron chi connectivity index (χ1n) is 9.32. The molecule has 0 fully saturated rings. The highest BCUT2D eigenvalue weighted by Crippen LogP contribution is 2.38. The maximum Gasteiger partial charge on any atom is 0.258 e. The third kappa shape index (κ3) is 2.64. The van der Waals surface area contributed by atoms with Crippen LogP contribution < -0.4 is 5.32 Å². The molecule has 0 aromatic heterocycles. The minimum Gasteiger partial charge on any atom is -0.358 e. The molecule has 1 N–H and O–H groups in total. The van der Waals surface area contributed by atoms with Crippen molar-refractivity contribution in [2.45, 2.75) is 32.4 Å². The minimum absolute atomic E-state index is 0.100. The Kier molecular flexibility index (Phi) is 4.15. The van der Waals surface area contributed by atoms with E-state index < -0.39 is 5.66 Å². The zero-order valence-corrected chi connectivity index (χ0v) is 15.3. The highest BCUT2D eigenvalue weighted by atomic mass is 16.2. The number of amides is 1. The van der Waals surface area contributed by atoms with Gasteiger partial charge in [0.1, 0.15) is 5.66 Å². The number of para-hydroxylation sites is 1. The number of anilines is 1. The number of unbranched alkanes of at least 4 members (excludes halogenated alkanes) is 1. The SMILES string of the molecule is CCCCN1C(=O)c2ccccc2NC1(C)c1ccc2ccccc2c1. The van der Waals surface area contributed by atoms with Gasteiger partial charge < -0.3 is 10.2 Å². The van der Waals surface area contributed by atoms with Crippen LogP contribution in [0.5, 0.6) is 0 Å². The average molecular weight is 344 g/mol. The lowest BCUT2D eigenvalue weighted by Gasteiger charge is -2.47. The van der Waals surface area contributed by atoms with Crippen LogP contribution in [0.4, 0.5) is 5.69 Å². The maximum absolute atomic E-state index is 13.3. The molecule has 132 valence electrons. The molecule has 3 nitrogen and oxygen atoms in total. The molecule has 3 heteroatoms. The van der Waals surface area contributed by atoms with Crippen molar-refractivity contribution in [3.8, 4) is 0 Å². The number of benzene rings is 3. The summed E-state index contributed by atoms with van der Waals surface area (Å²) in [6.45, 7) is 5.00. The Morgan fingerprint density at radius 1 is 0.962 bits per heavy atom. The van der Waals surface area contributed by atoms with Crippen LogP contribution in [0.3, 0.4) is 0 Å². The van der Waals surface area contributed by atoms with Gasteiger partial charge in [-0.15, -0.1) is 0 Å². The topological polar surface area (TPSA) is 32.3 Å². The second kappa shape index (κ2) is 6.49. The summed E-state index contributed by atoms with van der Waals surface area (Å²) in [4.78, 5) is 15.3. The molecule has 1 heterocycles. The molecule has 1 aliphatic heterocycles. The molecule has 0 spiro atoms. The van der Waals surface area contributed by atoms with Gasteiger partial charge in [-0.05, 0) is 47.9 Å². The number of carbonyl (C=O) groups is 1. The van der Waals surface area contributed by atoms with E-state index in [-0.39, 0.29) is 5.91 Å². The van der Waals surface area contributed by atoms with E-state index in [9.17, 15) is 4.79 Å². The summed E-state index contributed by atoms with van der Waals surface area (Å²) in [7, 11) is 0. The van der Waals surface area contributed by atoms with Crippen molar-refractivity contribution in [1.82, 2.24) is 4.90 Å². The van der Waals surface area contributed by atoms with Gasteiger partial charge in [-0.3, -0.25) is 4.79 Å². The Labute approximate surface area is 154 Å². The van der Waals surface area contributed by atoms with Crippen molar-refractivity contribution in [2.75, 3.05) is 11.9 Å². The van der Waals surface area contributed by atoms with Gasteiger partial charge in [0.25, 0.3) is 5.91 Å². The quantitative estimate of drug-likeness (QED) is 0.689. The Hall–Kier alpha value is -2.81. The summed E-state index contributed by atoms with van der Waals surface area (Å²) >= 11 is 0. The third-order valence-electron chi connectivity index (χ3n) is 5.37. The van der Waals surface area contributed by atoms with Gasteiger partial charge >= 0.3 is 0 Å². The van der Waals surface area contributed by atoms with Crippen molar-refractivity contribution in [2.24, 2.45) is 0 Å². The fourth-order valence-corrected chi connectivity index (χ4v) is 3.82. The molecule has 26 heavy (non-hydrogen) atoms. The Bertz CT molecular complexity index is 965. The van der Waals surface area contributed by atoms with Gasteiger partial charge in [-0.2, -0.15) is 0 Å². The molecule has 3 aromatic carbocycles. The highest BCUT2D eigenvalue weighted by molar-refractivity contribution is 6.02. The summed E-state index contributed by atoms with van der Waals surface area (Å²) in [6, 6.07) is 22.6. The molecule has 0 bridgehead atoms. The van der Waals surface area contributed by atoms with E-state index in [1.807, 2.05) is 29.2 Å². The number of nitrogens with one attached hydrogen (secondary N) is 1. The molecule has 1 amide bonds. The molecule has 1 aliphatic rings. The standard InChI is InChI=1S/C23H24N2O/c1-3-4-15-25-22(26)20-11-7-8-12-21(20)24-23(25,2)19-14-13-17-9-5-6-10-18(17)16-19/h5-14,16,24H,3-4,15H2,1-2H3. The van der Waals surface area contributed by atoms with E-state index in [4.69, 9.17) is 0 Å². The fraction of sp³-hybridized carbons (Fsp3) is 0.261. The monoisotopic (exact) mass is 344 g/mol. The normalized spacial score (nSPS) is 19.3. The van der Waals surface area contributed by atoms with Crippen LogP contribution >= 0.6 is 0 Å². The minimum atomic E-state index is -0.565. The molecule has 0 radical (unpaired) electrons. The summed E-state index contributed by atoms with van der Waals surface area (Å²) in [5.41, 5.74) is 2.20. The second-order valence-corrected chi connectivity index (χ2v) is 7.12. The molecule has 0 aliphatic carbocycles. The third-order valence-corrected chi connectivity index (χ3v) is 5.37. The van der Waals surface area contributed by atoms with Crippen LogP contribution in [0.15, 0.2) is 66.7 Å². The van der Waals surface area contributed by atoms with Crippen LogP contribution in [0, 0.1) is 0 Å². The number of fused-ring (bicyclic) bond motifs is 2. The first-order valence-corrected chi connectivity index (χ1v) is 9.32. The van der Waals surface area contributed by atoms with Gasteiger partial charge in [0.15, 0.2) is 0 Å². The van der Waals surface area contributed by atoms with E-state index in [2.05, 4.69) is 61.6 Å². The number of carbonyl (C=O) groups excluding carboxylic acids is 1. The number of hydrogen-bond donors (Lipinski definition) is 1. The van der Waals surface area contributed by atoms with E-state index in [0.29, 0.717) is 0 Å². The first kappa shape index (κ1) is 16.6. The smallest absolute Gasteiger partial charge is 0.258 e. The Balaban J connectivity index is 1.85. The predicted molar refractivity (Wildman–Crippen MR) is 107 cm³/mol. The molecular formula is C23H24N2O. The maximum atomic E-state index is 13.3. The lowest BCUT2D eigenvalue weighted by atomic mass is 9.91. The van der Waals surface area contributed by atoms with Crippen LogP contribution in [0.2, 0.25) is 0 Å². The van der Waals surface area contributed by atoms with Gasteiger partial charge in [-0.1, -0.05) is 61.9 Å². The average Bonchev–Trinajstić information content (AvgIpc) is 2.67. The largest absolute Gasteiger partial charge is 0.358 e. The number of hydrogen-bond acceptors (Lipinski definition) is 2. The molecule has 0 saturated carbocycles. The summed E-state index contributed by atoms with van der Waals surface area (Å²) in [5, 5.41) is 6.05. The first-order chi connectivity index (χ1) is 12.6. The van der Waals surface area contributed by atoms with E-state index in [1.165, 1.54) is 10.8 Å². The van der Waals surface area contributed by atoms with Crippen LogP contribution in [-0.2, 0) is 5.66 Å². The highest BCUT2D eigenvalue weighted by Gasteiger charge is 2.42. The lowest BCUT2D eigenvalue weighted by molar-refractivity contribution is 0.0531. The van der Waals surface area contributed by atoms with E-state index >= 15 is 0 Å². The number of nitrogens with zero attached hydrogens (tertiary/aromatic N) is 1. The Morgan fingerprint density at radius 3 is 2.50 bits per heavy atom. The van der Waals surface area contributed by atoms with Gasteiger partial charge in [0.2, 0.25) is 0 Å². The van der Waals surface area contributed by atoms with Crippen molar-refractivity contribution < 1.29 is 4.79 Å². The van der Waals surface area contributed by atoms with Gasteiger partial charge in [-0.25, -0.2) is 0 Å². The molecule has 4 rings (SSSR count).